The minimum atomic E-state index is -0.952. The van der Waals surface area contributed by atoms with Gasteiger partial charge in [0, 0.05) is 13.1 Å². The van der Waals surface area contributed by atoms with E-state index in [0.717, 1.165) is 12.8 Å². The Morgan fingerprint density at radius 3 is 2.81 bits per heavy atom. The first-order valence-corrected chi connectivity index (χ1v) is 7.36. The summed E-state index contributed by atoms with van der Waals surface area (Å²) < 4.78 is 5.21. The van der Waals surface area contributed by atoms with Crippen LogP contribution in [0.2, 0.25) is 0 Å². The van der Waals surface area contributed by atoms with Crippen LogP contribution < -0.4 is 0 Å². The lowest BCUT2D eigenvalue weighted by Gasteiger charge is -2.41. The van der Waals surface area contributed by atoms with Crippen molar-refractivity contribution in [1.29, 1.82) is 5.26 Å². The first-order chi connectivity index (χ1) is 10.1. The number of nitrogens with zero attached hydrogens (tertiary/aromatic N) is 3. The Balaban J connectivity index is 2.06. The Hall–Kier alpha value is -1.81. The van der Waals surface area contributed by atoms with Crippen LogP contribution in [0.4, 0.5) is 4.79 Å². The monoisotopic (exact) mass is 295 g/mol. The van der Waals surface area contributed by atoms with Crippen molar-refractivity contribution in [2.24, 2.45) is 5.92 Å². The van der Waals surface area contributed by atoms with Crippen molar-refractivity contribution in [1.82, 2.24) is 9.80 Å². The highest BCUT2D eigenvalue weighted by atomic mass is 16.5. The average molecular weight is 295 g/mol. The second-order valence-corrected chi connectivity index (χ2v) is 5.56. The zero-order chi connectivity index (χ0) is 15.4. The molecule has 0 aromatic rings. The molecule has 0 radical (unpaired) electrons. The van der Waals surface area contributed by atoms with Crippen LogP contribution in [0.25, 0.3) is 0 Å². The number of amides is 2. The number of ether oxygens (including phenoxy) is 1. The van der Waals surface area contributed by atoms with Crippen molar-refractivity contribution in [3.63, 3.8) is 0 Å². The molecule has 116 valence electrons. The zero-order valence-electron chi connectivity index (χ0n) is 12.2. The van der Waals surface area contributed by atoms with Gasteiger partial charge < -0.3 is 19.6 Å². The summed E-state index contributed by atoms with van der Waals surface area (Å²) in [4.78, 5) is 27.0. The lowest BCUT2D eigenvalue weighted by Crippen LogP contribution is -2.57. The summed E-state index contributed by atoms with van der Waals surface area (Å²) in [7, 11) is 0. The average Bonchev–Trinajstić information content (AvgIpc) is 2.53. The first-order valence-electron chi connectivity index (χ1n) is 7.36. The van der Waals surface area contributed by atoms with Gasteiger partial charge in [-0.2, -0.15) is 5.26 Å². The molecule has 2 amide bonds. The Labute approximate surface area is 124 Å². The smallest absolute Gasteiger partial charge is 0.326 e. The molecule has 21 heavy (non-hydrogen) atoms. The van der Waals surface area contributed by atoms with Crippen molar-refractivity contribution in [2.45, 2.75) is 38.3 Å². The number of carbonyl (C=O) groups is 2. The molecule has 2 aliphatic heterocycles. The van der Waals surface area contributed by atoms with Crippen LogP contribution in [0.5, 0.6) is 0 Å². The minimum absolute atomic E-state index is 0.204. The van der Waals surface area contributed by atoms with Crippen LogP contribution >= 0.6 is 0 Å². The number of carboxylic acid groups (broad SMARTS) is 1. The van der Waals surface area contributed by atoms with Gasteiger partial charge in [0.2, 0.25) is 0 Å². The highest BCUT2D eigenvalue weighted by Crippen LogP contribution is 2.26. The molecular weight excluding hydrogens is 274 g/mol. The van der Waals surface area contributed by atoms with E-state index in [-0.39, 0.29) is 12.6 Å². The molecule has 2 rings (SSSR count). The zero-order valence-corrected chi connectivity index (χ0v) is 12.2. The lowest BCUT2D eigenvalue weighted by molar-refractivity contribution is -0.144. The third kappa shape index (κ3) is 3.45. The van der Waals surface area contributed by atoms with E-state index in [0.29, 0.717) is 32.0 Å². The van der Waals surface area contributed by atoms with Crippen molar-refractivity contribution in [3.8, 4) is 6.07 Å². The van der Waals surface area contributed by atoms with E-state index in [2.05, 4.69) is 0 Å². The van der Waals surface area contributed by atoms with Crippen LogP contribution in [0.3, 0.4) is 0 Å². The lowest BCUT2D eigenvalue weighted by atomic mass is 9.89. The van der Waals surface area contributed by atoms with Gasteiger partial charge in [0.05, 0.1) is 19.2 Å². The summed E-state index contributed by atoms with van der Waals surface area (Å²) in [6.07, 6.45) is 1.64. The molecule has 3 unspecified atom stereocenters. The van der Waals surface area contributed by atoms with Crippen molar-refractivity contribution in [3.05, 3.63) is 0 Å². The summed E-state index contributed by atoms with van der Waals surface area (Å²) in [5.74, 6) is -0.599. The molecule has 2 heterocycles. The van der Waals surface area contributed by atoms with E-state index < -0.39 is 18.1 Å². The van der Waals surface area contributed by atoms with Gasteiger partial charge in [-0.3, -0.25) is 0 Å². The molecule has 2 fully saturated rings. The van der Waals surface area contributed by atoms with Crippen LogP contribution in [0, 0.1) is 17.2 Å². The predicted octanol–water partition coefficient (Wildman–Crippen LogP) is 0.906. The molecule has 0 bridgehead atoms. The van der Waals surface area contributed by atoms with E-state index in [9.17, 15) is 14.7 Å². The number of carbonyl (C=O) groups excluding carboxylic acids is 1. The summed E-state index contributed by atoms with van der Waals surface area (Å²) >= 11 is 0. The predicted molar refractivity (Wildman–Crippen MR) is 73.5 cm³/mol. The van der Waals surface area contributed by atoms with E-state index in [1.54, 1.807) is 0 Å². The molecule has 0 aromatic heterocycles. The Morgan fingerprint density at radius 1 is 1.43 bits per heavy atom. The second kappa shape index (κ2) is 6.76. The molecule has 1 N–H and O–H groups in total. The molecule has 7 heteroatoms. The largest absolute Gasteiger partial charge is 0.480 e. The number of aliphatic carboxylic acids is 1. The number of hydrogen-bond donors (Lipinski definition) is 1. The van der Waals surface area contributed by atoms with Crippen LogP contribution in [-0.2, 0) is 9.53 Å². The first kappa shape index (κ1) is 15.6. The van der Waals surface area contributed by atoms with Crippen molar-refractivity contribution < 1.29 is 19.4 Å². The van der Waals surface area contributed by atoms with Crippen LogP contribution in [0.15, 0.2) is 0 Å². The van der Waals surface area contributed by atoms with Gasteiger partial charge in [-0.25, -0.2) is 9.59 Å². The maximum Gasteiger partial charge on any atom is 0.326 e. The number of morpholine rings is 1. The molecule has 0 spiro atoms. The van der Waals surface area contributed by atoms with Crippen molar-refractivity contribution >= 4 is 12.0 Å². The summed E-state index contributed by atoms with van der Waals surface area (Å²) in [5, 5.41) is 18.3. The van der Waals surface area contributed by atoms with E-state index in [1.807, 2.05) is 13.0 Å². The maximum atomic E-state index is 12.5. The Bertz CT molecular complexity index is 448. The van der Waals surface area contributed by atoms with E-state index in [4.69, 9.17) is 10.00 Å². The highest BCUT2D eigenvalue weighted by Gasteiger charge is 2.38. The topological polar surface area (TPSA) is 93.9 Å². The SMILES string of the molecule is CCC1CCN(C(=O)N2CCOC(C#N)C2)C(C(=O)O)C1. The maximum absolute atomic E-state index is 12.5. The molecule has 0 aromatic carbocycles. The number of carboxylic acids is 1. The fraction of sp³-hybridized carbons (Fsp3) is 0.786. The second-order valence-electron chi connectivity index (χ2n) is 5.56. The fourth-order valence-electron chi connectivity index (χ4n) is 2.95. The van der Waals surface area contributed by atoms with Crippen LogP contribution in [0.1, 0.15) is 26.2 Å². The number of likely N-dealkylation sites (tertiary alicyclic amines) is 1. The third-order valence-electron chi connectivity index (χ3n) is 4.30. The van der Waals surface area contributed by atoms with Gasteiger partial charge in [-0.15, -0.1) is 0 Å². The Morgan fingerprint density at radius 2 is 2.19 bits per heavy atom. The molecule has 0 aliphatic carbocycles. The number of hydrogen-bond acceptors (Lipinski definition) is 4. The van der Waals surface area contributed by atoms with Gasteiger partial charge in [-0.1, -0.05) is 13.3 Å². The van der Waals surface area contributed by atoms with Gasteiger partial charge in [0.15, 0.2) is 6.10 Å². The fourth-order valence-corrected chi connectivity index (χ4v) is 2.95. The number of urea groups is 1. The molecule has 0 saturated carbocycles. The summed E-state index contributed by atoms with van der Waals surface area (Å²) in [5.41, 5.74) is 0. The normalized spacial score (nSPS) is 29.8. The Kier molecular flexibility index (Phi) is 5.02. The molecule has 2 saturated heterocycles. The van der Waals surface area contributed by atoms with Gasteiger partial charge in [-0.05, 0) is 18.8 Å². The van der Waals surface area contributed by atoms with Crippen LogP contribution in [-0.4, -0.2) is 65.3 Å². The molecular formula is C14H21N3O4. The number of rotatable bonds is 2. The standard InChI is InChI=1S/C14H21N3O4/c1-2-10-3-4-17(12(7-10)13(18)19)14(20)16-5-6-21-11(8-15)9-16/h10-12H,2-7,9H2,1H3,(H,18,19). The third-order valence-corrected chi connectivity index (χ3v) is 4.30. The number of nitriles is 1. The van der Waals surface area contributed by atoms with Gasteiger partial charge >= 0.3 is 12.0 Å². The van der Waals surface area contributed by atoms with Gasteiger partial charge in [0.25, 0.3) is 0 Å². The van der Waals surface area contributed by atoms with E-state index >= 15 is 0 Å². The molecule has 2 aliphatic rings. The quantitative estimate of drug-likeness (QED) is 0.817. The van der Waals surface area contributed by atoms with Crippen molar-refractivity contribution in [2.75, 3.05) is 26.2 Å². The van der Waals surface area contributed by atoms with E-state index in [1.165, 1.54) is 9.80 Å². The highest BCUT2D eigenvalue weighted by molar-refractivity contribution is 5.83. The summed E-state index contributed by atoms with van der Waals surface area (Å²) in [6, 6.07) is 0.935. The molecule has 7 nitrogen and oxygen atoms in total. The number of piperidine rings is 1. The summed E-state index contributed by atoms with van der Waals surface area (Å²) in [6.45, 7) is 3.42. The molecule has 3 atom stereocenters. The van der Waals surface area contributed by atoms with Gasteiger partial charge in [0.1, 0.15) is 6.04 Å². The minimum Gasteiger partial charge on any atom is -0.480 e.